The fraction of sp³-hybridized carbons (Fsp3) is 0.480. The number of anilines is 1. The Kier molecular flexibility index (Phi) is 4.89. The lowest BCUT2D eigenvalue weighted by Gasteiger charge is -2.21. The van der Waals surface area contributed by atoms with Crippen LogP contribution in [0.5, 0.6) is 17.4 Å². The summed E-state index contributed by atoms with van der Waals surface area (Å²) < 4.78 is 18.3. The largest absolute Gasteiger partial charge is 0.492 e. The molecule has 172 valence electrons. The van der Waals surface area contributed by atoms with Crippen LogP contribution in [0.15, 0.2) is 24.4 Å². The molecular weight excluding hydrogens is 422 g/mol. The monoisotopic (exact) mass is 449 g/mol. The average molecular weight is 450 g/mol. The van der Waals surface area contributed by atoms with Crippen LogP contribution in [-0.4, -0.2) is 53.6 Å². The van der Waals surface area contributed by atoms with Crippen molar-refractivity contribution in [3.05, 3.63) is 41.1 Å². The molecule has 8 heteroatoms. The molecule has 4 aliphatic rings. The van der Waals surface area contributed by atoms with Crippen LogP contribution in [0.4, 0.5) is 5.69 Å². The van der Waals surface area contributed by atoms with E-state index in [0.717, 1.165) is 16.8 Å². The molecular formula is C25H27N3O5. The molecule has 0 bridgehead atoms. The van der Waals surface area contributed by atoms with E-state index >= 15 is 0 Å². The molecule has 8 nitrogen and oxygen atoms in total. The van der Waals surface area contributed by atoms with Gasteiger partial charge < -0.3 is 24.4 Å². The van der Waals surface area contributed by atoms with Crippen molar-refractivity contribution in [1.29, 1.82) is 0 Å². The first-order chi connectivity index (χ1) is 16.0. The minimum Gasteiger partial charge on any atom is -0.492 e. The number of fused-ring (bicyclic) bond motifs is 3. The number of ether oxygens (including phenoxy) is 3. The van der Waals surface area contributed by atoms with E-state index in [1.54, 1.807) is 12.3 Å². The standard InChI is InChI=1S/C25H27N3O5/c1-14-6-20(31-12-15-2-3-15)24-21(7-14)32-13-17-8-18(11-28(17)25(24)30)33-23-9-19-16(10-26-23)4-5-22(29)27-19/h6-7,9-10,15,17-18H,2-5,8,11-13H2,1H3,(H,27,29)/t17-,18+/m1/s1. The fourth-order valence-corrected chi connectivity index (χ4v) is 4.82. The second-order valence-corrected chi connectivity index (χ2v) is 9.52. The van der Waals surface area contributed by atoms with Crippen LogP contribution >= 0.6 is 0 Å². The molecule has 0 spiro atoms. The zero-order valence-electron chi connectivity index (χ0n) is 18.6. The van der Waals surface area contributed by atoms with Gasteiger partial charge in [0.1, 0.15) is 29.8 Å². The van der Waals surface area contributed by atoms with E-state index in [1.165, 1.54) is 12.8 Å². The predicted molar refractivity (Wildman–Crippen MR) is 120 cm³/mol. The van der Waals surface area contributed by atoms with Crippen molar-refractivity contribution < 1.29 is 23.8 Å². The zero-order valence-corrected chi connectivity index (χ0v) is 18.6. The maximum atomic E-state index is 13.6. The molecule has 2 fully saturated rings. The Bertz CT molecular complexity index is 1130. The number of hydrogen-bond acceptors (Lipinski definition) is 6. The number of nitrogens with zero attached hydrogens (tertiary/aromatic N) is 2. The molecule has 1 aromatic carbocycles. The lowest BCUT2D eigenvalue weighted by atomic mass is 10.1. The molecule has 1 aromatic heterocycles. The molecule has 0 radical (unpaired) electrons. The molecule has 33 heavy (non-hydrogen) atoms. The van der Waals surface area contributed by atoms with Gasteiger partial charge in [0, 0.05) is 25.1 Å². The third kappa shape index (κ3) is 3.98. The Morgan fingerprint density at radius 1 is 1.21 bits per heavy atom. The van der Waals surface area contributed by atoms with Crippen molar-refractivity contribution in [3.63, 3.8) is 0 Å². The van der Waals surface area contributed by atoms with Gasteiger partial charge in [-0.3, -0.25) is 9.59 Å². The second kappa shape index (κ2) is 7.93. The fourth-order valence-electron chi connectivity index (χ4n) is 4.82. The molecule has 4 heterocycles. The molecule has 1 saturated carbocycles. The van der Waals surface area contributed by atoms with E-state index in [1.807, 2.05) is 24.0 Å². The van der Waals surface area contributed by atoms with E-state index in [-0.39, 0.29) is 24.0 Å². The summed E-state index contributed by atoms with van der Waals surface area (Å²) in [6, 6.07) is 5.54. The number of rotatable bonds is 5. The third-order valence-electron chi connectivity index (χ3n) is 6.81. The summed E-state index contributed by atoms with van der Waals surface area (Å²) in [5.41, 5.74) is 3.29. The molecule has 2 amide bonds. The highest BCUT2D eigenvalue weighted by atomic mass is 16.5. The number of aromatic nitrogens is 1. The zero-order chi connectivity index (χ0) is 22.5. The minimum absolute atomic E-state index is 0.00486. The van der Waals surface area contributed by atoms with Crippen molar-refractivity contribution in [2.75, 3.05) is 25.1 Å². The van der Waals surface area contributed by atoms with Crippen LogP contribution in [-0.2, 0) is 11.2 Å². The maximum Gasteiger partial charge on any atom is 0.261 e. The molecule has 6 rings (SSSR count). The van der Waals surface area contributed by atoms with Crippen molar-refractivity contribution in [2.45, 2.75) is 51.2 Å². The normalized spacial score (nSPS) is 23.6. The number of aryl methyl sites for hydroxylation is 2. The van der Waals surface area contributed by atoms with Gasteiger partial charge >= 0.3 is 0 Å². The van der Waals surface area contributed by atoms with Crippen LogP contribution in [0.1, 0.15) is 47.2 Å². The molecule has 2 atom stereocenters. The van der Waals surface area contributed by atoms with Gasteiger partial charge in [0.05, 0.1) is 24.9 Å². The summed E-state index contributed by atoms with van der Waals surface area (Å²) in [6.07, 6.45) is 5.75. The molecule has 1 aliphatic carbocycles. The van der Waals surface area contributed by atoms with E-state index in [0.29, 0.717) is 67.9 Å². The lowest BCUT2D eigenvalue weighted by Crippen LogP contribution is -2.37. The van der Waals surface area contributed by atoms with E-state index in [9.17, 15) is 9.59 Å². The summed E-state index contributed by atoms with van der Waals surface area (Å²) in [7, 11) is 0. The number of carbonyl (C=O) groups is 2. The predicted octanol–water partition coefficient (Wildman–Crippen LogP) is 3.12. The lowest BCUT2D eigenvalue weighted by molar-refractivity contribution is -0.116. The van der Waals surface area contributed by atoms with Crippen LogP contribution in [0, 0.1) is 12.8 Å². The summed E-state index contributed by atoms with van der Waals surface area (Å²) in [5.74, 6) is 2.19. The van der Waals surface area contributed by atoms with Crippen molar-refractivity contribution >= 4 is 17.5 Å². The van der Waals surface area contributed by atoms with Crippen molar-refractivity contribution in [2.24, 2.45) is 5.92 Å². The summed E-state index contributed by atoms with van der Waals surface area (Å²) >= 11 is 0. The van der Waals surface area contributed by atoms with Crippen LogP contribution in [0.25, 0.3) is 0 Å². The summed E-state index contributed by atoms with van der Waals surface area (Å²) in [5, 5.41) is 2.88. The van der Waals surface area contributed by atoms with Gasteiger partial charge in [0.15, 0.2) is 0 Å². The molecule has 0 unspecified atom stereocenters. The molecule has 2 aromatic rings. The second-order valence-electron chi connectivity index (χ2n) is 9.52. The highest BCUT2D eigenvalue weighted by molar-refractivity contribution is 6.00. The maximum absolute atomic E-state index is 13.6. The highest BCUT2D eigenvalue weighted by Crippen LogP contribution is 2.39. The Morgan fingerprint density at radius 3 is 2.94 bits per heavy atom. The Morgan fingerprint density at radius 2 is 2.09 bits per heavy atom. The highest BCUT2D eigenvalue weighted by Gasteiger charge is 2.42. The molecule has 1 N–H and O–H groups in total. The molecule has 3 aliphatic heterocycles. The van der Waals surface area contributed by atoms with Crippen molar-refractivity contribution in [3.8, 4) is 17.4 Å². The Labute approximate surface area is 192 Å². The van der Waals surface area contributed by atoms with Gasteiger partial charge in [0.2, 0.25) is 11.8 Å². The summed E-state index contributed by atoms with van der Waals surface area (Å²) in [4.78, 5) is 31.6. The van der Waals surface area contributed by atoms with Crippen LogP contribution in [0.2, 0.25) is 0 Å². The first-order valence-corrected chi connectivity index (χ1v) is 11.7. The average Bonchev–Trinajstić information content (AvgIpc) is 3.55. The van der Waals surface area contributed by atoms with E-state index in [2.05, 4.69) is 10.3 Å². The van der Waals surface area contributed by atoms with Gasteiger partial charge in [0.25, 0.3) is 5.91 Å². The third-order valence-corrected chi connectivity index (χ3v) is 6.81. The number of nitrogens with one attached hydrogen (secondary N) is 1. The van der Waals surface area contributed by atoms with Crippen LogP contribution in [0.3, 0.4) is 0 Å². The van der Waals surface area contributed by atoms with Gasteiger partial charge in [-0.05, 0) is 55.4 Å². The first kappa shape index (κ1) is 20.3. The number of carbonyl (C=O) groups excluding carboxylic acids is 2. The number of hydrogen-bond donors (Lipinski definition) is 1. The quantitative estimate of drug-likeness (QED) is 0.755. The van der Waals surface area contributed by atoms with E-state index in [4.69, 9.17) is 14.2 Å². The first-order valence-electron chi connectivity index (χ1n) is 11.7. The van der Waals surface area contributed by atoms with Gasteiger partial charge in [-0.15, -0.1) is 0 Å². The van der Waals surface area contributed by atoms with Crippen LogP contribution < -0.4 is 19.5 Å². The smallest absolute Gasteiger partial charge is 0.261 e. The number of benzene rings is 1. The summed E-state index contributed by atoms with van der Waals surface area (Å²) in [6.45, 7) is 3.49. The minimum atomic E-state index is -0.199. The topological polar surface area (TPSA) is 90.0 Å². The number of amides is 2. The van der Waals surface area contributed by atoms with E-state index < -0.39 is 0 Å². The van der Waals surface area contributed by atoms with Crippen molar-refractivity contribution in [1.82, 2.24) is 9.88 Å². The van der Waals surface area contributed by atoms with Gasteiger partial charge in [-0.25, -0.2) is 4.98 Å². The van der Waals surface area contributed by atoms with Gasteiger partial charge in [-0.2, -0.15) is 0 Å². The Balaban J connectivity index is 1.20. The SMILES string of the molecule is Cc1cc(OCC2CC2)c2c(c1)OC[C@H]1C[C@H](Oc3cc4c(cn3)CCC(=O)N4)CN1C2=O. The Hall–Kier alpha value is -3.29. The number of pyridine rings is 1. The molecule has 1 saturated heterocycles. The van der Waals surface area contributed by atoms with Gasteiger partial charge in [-0.1, -0.05) is 0 Å².